The van der Waals surface area contributed by atoms with E-state index in [1.165, 1.54) is 7.11 Å². The van der Waals surface area contributed by atoms with Crippen molar-refractivity contribution in [1.82, 2.24) is 15.1 Å². The lowest BCUT2D eigenvalue weighted by atomic mass is 9.86. The van der Waals surface area contributed by atoms with E-state index in [0.29, 0.717) is 25.9 Å². The van der Waals surface area contributed by atoms with Crippen LogP contribution >= 0.6 is 0 Å². The van der Waals surface area contributed by atoms with Gasteiger partial charge >= 0.3 is 0 Å². The molecule has 2 aliphatic rings. The maximum Gasteiger partial charge on any atom is 0.248 e. The van der Waals surface area contributed by atoms with E-state index in [1.54, 1.807) is 16.8 Å². The number of hydrogen-bond acceptors (Lipinski definition) is 4. The zero-order chi connectivity index (χ0) is 15.5. The van der Waals surface area contributed by atoms with Gasteiger partial charge in [0.2, 0.25) is 17.7 Å². The molecule has 2 saturated heterocycles. The van der Waals surface area contributed by atoms with Crippen LogP contribution in [-0.2, 0) is 19.1 Å². The highest BCUT2D eigenvalue weighted by Gasteiger charge is 2.48. The monoisotopic (exact) mass is 297 g/mol. The molecule has 3 amide bonds. The van der Waals surface area contributed by atoms with Crippen molar-refractivity contribution in [2.45, 2.75) is 31.2 Å². The number of rotatable bonds is 4. The van der Waals surface area contributed by atoms with Gasteiger partial charge in [-0.25, -0.2) is 0 Å². The summed E-state index contributed by atoms with van der Waals surface area (Å²) in [5.41, 5.74) is -0.384. The van der Waals surface area contributed by atoms with E-state index >= 15 is 0 Å². The number of carbonyl (C=O) groups excluding carboxylic acids is 3. The fraction of sp³-hybridized carbons (Fsp3) is 0.786. The Morgan fingerprint density at radius 3 is 2.81 bits per heavy atom. The first kappa shape index (κ1) is 15.8. The zero-order valence-electron chi connectivity index (χ0n) is 12.7. The van der Waals surface area contributed by atoms with Crippen LogP contribution in [0.25, 0.3) is 0 Å². The second-order valence-electron chi connectivity index (χ2n) is 5.73. The molecule has 21 heavy (non-hydrogen) atoms. The van der Waals surface area contributed by atoms with Gasteiger partial charge in [-0.2, -0.15) is 0 Å². The number of nitrogens with zero attached hydrogens (tertiary/aromatic N) is 2. The fourth-order valence-electron chi connectivity index (χ4n) is 3.32. The molecule has 1 atom stereocenters. The van der Waals surface area contributed by atoms with Gasteiger partial charge in [-0.3, -0.25) is 14.4 Å². The number of methoxy groups -OCH3 is 1. The molecule has 118 valence electrons. The number of carbonyl (C=O) groups is 3. The molecule has 2 rings (SSSR count). The SMILES string of the molecule is CNC(=O)CN1C(=O)CCC12CCCN(C(=O)COC)C2. The third kappa shape index (κ3) is 3.18. The first-order valence-electron chi connectivity index (χ1n) is 7.30. The molecule has 1 N–H and O–H groups in total. The average molecular weight is 297 g/mol. The standard InChI is InChI=1S/C14H23N3O4/c1-15-11(18)8-17-12(19)4-6-14(17)5-3-7-16(10-14)13(20)9-21-2/h3-10H2,1-2H3,(H,15,18). The number of likely N-dealkylation sites (N-methyl/N-ethyl adjacent to an activating group) is 1. The van der Waals surface area contributed by atoms with Gasteiger partial charge in [0.15, 0.2) is 0 Å². The van der Waals surface area contributed by atoms with Crippen LogP contribution in [0.3, 0.4) is 0 Å². The Bertz CT molecular complexity index is 440. The first-order chi connectivity index (χ1) is 10.0. The molecule has 2 fully saturated rings. The predicted octanol–water partition coefficient (Wildman–Crippen LogP) is -0.638. The molecular formula is C14H23N3O4. The molecular weight excluding hydrogens is 274 g/mol. The Morgan fingerprint density at radius 1 is 1.38 bits per heavy atom. The largest absolute Gasteiger partial charge is 0.375 e. The molecule has 0 saturated carbocycles. The van der Waals surface area contributed by atoms with E-state index in [1.807, 2.05) is 0 Å². The van der Waals surface area contributed by atoms with Crippen LogP contribution in [0.4, 0.5) is 0 Å². The Balaban J connectivity index is 2.13. The van der Waals surface area contributed by atoms with Crippen molar-refractivity contribution in [3.05, 3.63) is 0 Å². The zero-order valence-corrected chi connectivity index (χ0v) is 12.7. The first-order valence-corrected chi connectivity index (χ1v) is 7.30. The molecule has 1 unspecified atom stereocenters. The molecule has 7 nitrogen and oxygen atoms in total. The molecule has 0 aromatic heterocycles. The van der Waals surface area contributed by atoms with Gasteiger partial charge in [0.1, 0.15) is 13.2 Å². The minimum atomic E-state index is -0.384. The number of piperidine rings is 1. The van der Waals surface area contributed by atoms with Crippen LogP contribution in [0.1, 0.15) is 25.7 Å². The van der Waals surface area contributed by atoms with E-state index < -0.39 is 0 Å². The molecule has 0 aliphatic carbocycles. The second kappa shape index (κ2) is 6.43. The summed E-state index contributed by atoms with van der Waals surface area (Å²) < 4.78 is 4.90. The van der Waals surface area contributed by atoms with E-state index in [4.69, 9.17) is 4.74 Å². The van der Waals surface area contributed by atoms with Gasteiger partial charge in [-0.1, -0.05) is 0 Å². The van der Waals surface area contributed by atoms with Gasteiger partial charge in [-0.05, 0) is 19.3 Å². The summed E-state index contributed by atoms with van der Waals surface area (Å²) in [6.07, 6.45) is 2.84. The Hall–Kier alpha value is -1.63. The maximum absolute atomic E-state index is 12.1. The quantitative estimate of drug-likeness (QED) is 0.749. The number of likely N-dealkylation sites (tertiary alicyclic amines) is 2. The maximum atomic E-state index is 12.1. The molecule has 2 aliphatic heterocycles. The molecule has 2 heterocycles. The Morgan fingerprint density at radius 2 is 2.14 bits per heavy atom. The van der Waals surface area contributed by atoms with Gasteiger partial charge in [0.05, 0.1) is 5.54 Å². The molecule has 0 bridgehead atoms. The smallest absolute Gasteiger partial charge is 0.248 e. The Labute approximate surface area is 124 Å². The van der Waals surface area contributed by atoms with Crippen LogP contribution in [0.5, 0.6) is 0 Å². The molecule has 0 aromatic carbocycles. The normalized spacial score (nSPS) is 25.5. The van der Waals surface area contributed by atoms with Crippen molar-refractivity contribution < 1.29 is 19.1 Å². The van der Waals surface area contributed by atoms with E-state index in [0.717, 1.165) is 12.8 Å². The lowest BCUT2D eigenvalue weighted by Crippen LogP contribution is -2.59. The summed E-state index contributed by atoms with van der Waals surface area (Å²) in [6.45, 7) is 1.31. The summed E-state index contributed by atoms with van der Waals surface area (Å²) in [6, 6.07) is 0. The van der Waals surface area contributed by atoms with Crippen molar-refractivity contribution in [3.63, 3.8) is 0 Å². The van der Waals surface area contributed by atoms with E-state index in [-0.39, 0.29) is 36.4 Å². The van der Waals surface area contributed by atoms with Gasteiger partial charge in [-0.15, -0.1) is 0 Å². The molecule has 0 radical (unpaired) electrons. The van der Waals surface area contributed by atoms with Gasteiger partial charge < -0.3 is 19.9 Å². The number of amides is 3. The van der Waals surface area contributed by atoms with Crippen molar-refractivity contribution in [1.29, 1.82) is 0 Å². The van der Waals surface area contributed by atoms with Crippen molar-refractivity contribution >= 4 is 17.7 Å². The van der Waals surface area contributed by atoms with Crippen LogP contribution in [0.2, 0.25) is 0 Å². The van der Waals surface area contributed by atoms with Crippen molar-refractivity contribution in [2.75, 3.05) is 40.4 Å². The van der Waals surface area contributed by atoms with Crippen LogP contribution in [0.15, 0.2) is 0 Å². The number of nitrogens with one attached hydrogen (secondary N) is 1. The van der Waals surface area contributed by atoms with Crippen LogP contribution < -0.4 is 5.32 Å². The van der Waals surface area contributed by atoms with Crippen LogP contribution in [-0.4, -0.2) is 73.5 Å². The molecule has 0 aromatic rings. The predicted molar refractivity (Wildman–Crippen MR) is 75.4 cm³/mol. The highest BCUT2D eigenvalue weighted by molar-refractivity contribution is 5.87. The van der Waals surface area contributed by atoms with Gasteiger partial charge in [0, 0.05) is 33.7 Å². The second-order valence-corrected chi connectivity index (χ2v) is 5.73. The lowest BCUT2D eigenvalue weighted by molar-refractivity contribution is -0.144. The summed E-state index contributed by atoms with van der Waals surface area (Å²) in [7, 11) is 3.06. The number of hydrogen-bond donors (Lipinski definition) is 1. The minimum absolute atomic E-state index is 0.000333. The third-order valence-electron chi connectivity index (χ3n) is 4.43. The van der Waals surface area contributed by atoms with E-state index in [2.05, 4.69) is 5.32 Å². The summed E-state index contributed by atoms with van der Waals surface area (Å²) in [5.74, 6) is -0.236. The minimum Gasteiger partial charge on any atom is -0.375 e. The molecule has 7 heteroatoms. The topological polar surface area (TPSA) is 79.0 Å². The summed E-state index contributed by atoms with van der Waals surface area (Å²) >= 11 is 0. The fourth-order valence-corrected chi connectivity index (χ4v) is 3.32. The van der Waals surface area contributed by atoms with Crippen LogP contribution in [0, 0.1) is 0 Å². The highest BCUT2D eigenvalue weighted by Crippen LogP contribution is 2.37. The lowest BCUT2D eigenvalue weighted by Gasteiger charge is -2.45. The number of ether oxygens (including phenoxy) is 1. The van der Waals surface area contributed by atoms with Gasteiger partial charge in [0.25, 0.3) is 0 Å². The third-order valence-corrected chi connectivity index (χ3v) is 4.43. The highest BCUT2D eigenvalue weighted by atomic mass is 16.5. The summed E-state index contributed by atoms with van der Waals surface area (Å²) in [5, 5.41) is 2.56. The van der Waals surface area contributed by atoms with Crippen molar-refractivity contribution in [2.24, 2.45) is 0 Å². The summed E-state index contributed by atoms with van der Waals surface area (Å²) in [4.78, 5) is 39.2. The van der Waals surface area contributed by atoms with E-state index in [9.17, 15) is 14.4 Å². The average Bonchev–Trinajstić information content (AvgIpc) is 2.77. The molecule has 1 spiro atoms. The Kier molecular flexibility index (Phi) is 4.82. The van der Waals surface area contributed by atoms with Crippen molar-refractivity contribution in [3.8, 4) is 0 Å².